The molecule has 0 unspecified atom stereocenters. The van der Waals surface area contributed by atoms with E-state index in [2.05, 4.69) is 17.1 Å². The molecule has 0 radical (unpaired) electrons. The largest absolute Gasteiger partial charge is 0.497 e. The van der Waals surface area contributed by atoms with E-state index >= 15 is 0 Å². The van der Waals surface area contributed by atoms with Gasteiger partial charge in [-0.1, -0.05) is 43.3 Å². The van der Waals surface area contributed by atoms with Crippen LogP contribution in [0.25, 0.3) is 0 Å². The molecule has 8 nitrogen and oxygen atoms in total. The third-order valence-corrected chi connectivity index (χ3v) is 8.52. The predicted molar refractivity (Wildman–Crippen MR) is 170 cm³/mol. The van der Waals surface area contributed by atoms with Crippen LogP contribution in [-0.4, -0.2) is 73.9 Å². The van der Waals surface area contributed by atoms with Crippen molar-refractivity contribution in [2.75, 3.05) is 56.6 Å². The fourth-order valence-electron chi connectivity index (χ4n) is 6.13. The highest BCUT2D eigenvalue weighted by Crippen LogP contribution is 2.30. The fourth-order valence-corrected chi connectivity index (χ4v) is 6.13. The van der Waals surface area contributed by atoms with E-state index in [9.17, 15) is 14.4 Å². The number of hydrogen-bond donors (Lipinski definition) is 1. The maximum absolute atomic E-state index is 13.9. The van der Waals surface area contributed by atoms with Gasteiger partial charge in [0.05, 0.1) is 18.6 Å². The summed E-state index contributed by atoms with van der Waals surface area (Å²) in [5.41, 5.74) is 3.53. The summed E-state index contributed by atoms with van der Waals surface area (Å²) < 4.78 is 5.27. The third-order valence-electron chi connectivity index (χ3n) is 8.52. The smallest absolute Gasteiger partial charge is 0.256 e. The van der Waals surface area contributed by atoms with E-state index in [1.54, 1.807) is 37.4 Å². The Balaban J connectivity index is 1.37. The van der Waals surface area contributed by atoms with E-state index in [-0.39, 0.29) is 23.6 Å². The molecule has 2 saturated heterocycles. The van der Waals surface area contributed by atoms with Crippen molar-refractivity contribution in [3.8, 4) is 5.75 Å². The van der Waals surface area contributed by atoms with Crippen molar-refractivity contribution in [1.82, 2.24) is 9.80 Å². The Labute approximate surface area is 254 Å². The van der Waals surface area contributed by atoms with Gasteiger partial charge >= 0.3 is 0 Å². The van der Waals surface area contributed by atoms with Crippen LogP contribution in [0.4, 0.5) is 11.4 Å². The number of likely N-dealkylation sites (tertiary alicyclic amines) is 1. The summed E-state index contributed by atoms with van der Waals surface area (Å²) in [5.74, 6) is 0.328. The molecular formula is C35H42N4O4. The molecule has 0 saturated carbocycles. The van der Waals surface area contributed by atoms with E-state index in [0.29, 0.717) is 42.2 Å². The Morgan fingerprint density at radius 1 is 0.791 bits per heavy atom. The topological polar surface area (TPSA) is 82.2 Å². The van der Waals surface area contributed by atoms with Gasteiger partial charge in [-0.3, -0.25) is 14.4 Å². The van der Waals surface area contributed by atoms with E-state index in [1.807, 2.05) is 52.3 Å². The molecule has 3 aromatic carbocycles. The highest BCUT2D eigenvalue weighted by Gasteiger charge is 2.29. The molecule has 2 heterocycles. The zero-order chi connectivity index (χ0) is 30.2. The van der Waals surface area contributed by atoms with Crippen molar-refractivity contribution < 1.29 is 19.1 Å². The average molecular weight is 583 g/mol. The first kappa shape index (κ1) is 30.1. The highest BCUT2D eigenvalue weighted by molar-refractivity contribution is 6.06. The molecule has 0 bridgehead atoms. The quantitative estimate of drug-likeness (QED) is 0.363. The molecule has 1 atom stereocenters. The summed E-state index contributed by atoms with van der Waals surface area (Å²) in [4.78, 5) is 46.7. The van der Waals surface area contributed by atoms with Gasteiger partial charge in [-0.25, -0.2) is 0 Å². The number of amides is 3. The van der Waals surface area contributed by atoms with Gasteiger partial charge in [0.2, 0.25) is 5.91 Å². The number of benzene rings is 3. The van der Waals surface area contributed by atoms with Crippen LogP contribution in [0.5, 0.6) is 5.75 Å². The first-order chi connectivity index (χ1) is 21.0. The fraction of sp³-hybridized carbons (Fsp3) is 0.400. The number of hydrogen-bond acceptors (Lipinski definition) is 5. The number of methoxy groups -OCH3 is 1. The molecule has 3 aromatic rings. The molecule has 0 aromatic heterocycles. The highest BCUT2D eigenvalue weighted by atomic mass is 16.5. The van der Waals surface area contributed by atoms with Gasteiger partial charge in [-0.15, -0.1) is 0 Å². The van der Waals surface area contributed by atoms with Gasteiger partial charge in [0.25, 0.3) is 11.8 Å². The molecule has 3 amide bonds. The van der Waals surface area contributed by atoms with Crippen LogP contribution in [0.2, 0.25) is 0 Å². The minimum atomic E-state index is -0.268. The van der Waals surface area contributed by atoms with Gasteiger partial charge in [0.15, 0.2) is 0 Å². The second kappa shape index (κ2) is 14.2. The molecular weight excluding hydrogens is 540 g/mol. The lowest BCUT2D eigenvalue weighted by Crippen LogP contribution is -2.39. The van der Waals surface area contributed by atoms with Gasteiger partial charge in [0.1, 0.15) is 5.75 Å². The van der Waals surface area contributed by atoms with Crippen LogP contribution in [0, 0.1) is 0 Å². The zero-order valence-corrected chi connectivity index (χ0v) is 25.3. The van der Waals surface area contributed by atoms with Crippen molar-refractivity contribution in [3.05, 3.63) is 89.5 Å². The zero-order valence-electron chi connectivity index (χ0n) is 25.3. The van der Waals surface area contributed by atoms with Gasteiger partial charge in [0, 0.05) is 56.2 Å². The summed E-state index contributed by atoms with van der Waals surface area (Å²) in [6, 6.07) is 22.6. The molecule has 43 heavy (non-hydrogen) atoms. The van der Waals surface area contributed by atoms with E-state index < -0.39 is 0 Å². The van der Waals surface area contributed by atoms with E-state index in [1.165, 1.54) is 0 Å². The summed E-state index contributed by atoms with van der Waals surface area (Å²) >= 11 is 0. The predicted octanol–water partition coefficient (Wildman–Crippen LogP) is 5.81. The minimum absolute atomic E-state index is 0.0144. The second-order valence-electron chi connectivity index (χ2n) is 11.3. The molecule has 8 heteroatoms. The maximum atomic E-state index is 13.9. The number of piperidine rings is 1. The average Bonchev–Trinajstić information content (AvgIpc) is 3.32. The normalized spacial score (nSPS) is 16.3. The van der Waals surface area contributed by atoms with E-state index in [0.717, 1.165) is 63.0 Å². The van der Waals surface area contributed by atoms with Crippen LogP contribution in [0.1, 0.15) is 71.2 Å². The molecule has 0 spiro atoms. The lowest BCUT2D eigenvalue weighted by atomic mass is 9.95. The summed E-state index contributed by atoms with van der Waals surface area (Å²) in [6.45, 7) is 6.18. The number of nitrogens with zero attached hydrogens (tertiary/aromatic N) is 3. The Hall–Kier alpha value is -4.33. The Kier molecular flexibility index (Phi) is 9.97. The number of nitrogens with one attached hydrogen (secondary N) is 1. The summed E-state index contributed by atoms with van der Waals surface area (Å²) in [6.07, 6.45) is 4.68. The van der Waals surface area contributed by atoms with Gasteiger partial charge in [-0.05, 0) is 74.1 Å². The molecule has 5 rings (SSSR count). The van der Waals surface area contributed by atoms with Crippen LogP contribution >= 0.6 is 0 Å². The number of carbonyl (C=O) groups excluding carboxylic acids is 3. The second-order valence-corrected chi connectivity index (χ2v) is 11.3. The Bertz CT molecular complexity index is 1420. The summed E-state index contributed by atoms with van der Waals surface area (Å²) in [7, 11) is 1.57. The lowest BCUT2D eigenvalue weighted by molar-refractivity contribution is -0.132. The minimum Gasteiger partial charge on any atom is -0.497 e. The van der Waals surface area contributed by atoms with Crippen LogP contribution in [-0.2, 0) is 4.79 Å². The van der Waals surface area contributed by atoms with Crippen molar-refractivity contribution in [1.29, 1.82) is 0 Å². The van der Waals surface area contributed by atoms with E-state index in [4.69, 9.17) is 4.74 Å². The van der Waals surface area contributed by atoms with Crippen LogP contribution in [0.15, 0.2) is 72.8 Å². The number of ether oxygens (including phenoxy) is 1. The van der Waals surface area contributed by atoms with Gasteiger partial charge < -0.3 is 24.8 Å². The lowest BCUT2D eigenvalue weighted by Gasteiger charge is -2.31. The summed E-state index contributed by atoms with van der Waals surface area (Å²) in [5, 5.41) is 2.97. The number of rotatable bonds is 8. The van der Waals surface area contributed by atoms with Crippen molar-refractivity contribution in [2.45, 2.75) is 44.9 Å². The third kappa shape index (κ3) is 7.19. The molecule has 2 fully saturated rings. The van der Waals surface area contributed by atoms with Crippen molar-refractivity contribution in [3.63, 3.8) is 0 Å². The number of anilines is 2. The van der Waals surface area contributed by atoms with Gasteiger partial charge in [-0.2, -0.15) is 0 Å². The SMILES string of the molecule is CC[C@H](C(=O)N1CCCN(c2ccc(NC(=O)c3cccc(OC)c3)cc2C(=O)N2CCCCC2)CC1)c1ccccc1. The molecule has 2 aliphatic heterocycles. The van der Waals surface area contributed by atoms with Crippen molar-refractivity contribution in [2.24, 2.45) is 0 Å². The van der Waals surface area contributed by atoms with Crippen LogP contribution in [0.3, 0.4) is 0 Å². The molecule has 0 aliphatic carbocycles. The maximum Gasteiger partial charge on any atom is 0.256 e. The molecule has 226 valence electrons. The van der Waals surface area contributed by atoms with Crippen molar-refractivity contribution >= 4 is 29.1 Å². The number of carbonyl (C=O) groups is 3. The Morgan fingerprint density at radius 2 is 1.56 bits per heavy atom. The monoisotopic (exact) mass is 582 g/mol. The van der Waals surface area contributed by atoms with Crippen LogP contribution < -0.4 is 15.0 Å². The first-order valence-electron chi connectivity index (χ1n) is 15.5. The standard InChI is InChI=1S/C35H42N4O4/c1-3-30(26-12-6-4-7-13-26)34(41)39-21-11-20-37(22-23-39)32-17-16-28(25-31(32)35(42)38-18-8-5-9-19-38)36-33(40)27-14-10-15-29(24-27)43-2/h4,6-7,10,12-17,24-25,30H,3,5,8-9,11,18-23H2,1-2H3,(H,36,40)/t30-/m0/s1. The molecule has 1 N–H and O–H groups in total. The Morgan fingerprint density at radius 3 is 2.30 bits per heavy atom. The first-order valence-corrected chi connectivity index (χ1v) is 15.5. The molecule has 2 aliphatic rings.